The van der Waals surface area contributed by atoms with Gasteiger partial charge in [-0.2, -0.15) is 0 Å². The van der Waals surface area contributed by atoms with E-state index in [-0.39, 0.29) is 0 Å². The molecule has 12 aromatic rings. The second kappa shape index (κ2) is 16.1. The van der Waals surface area contributed by atoms with Crippen LogP contribution in [-0.2, 0) is 10.8 Å². The van der Waals surface area contributed by atoms with E-state index in [1.807, 2.05) is 0 Å². The molecule has 0 amide bonds. The van der Waals surface area contributed by atoms with Gasteiger partial charge in [-0.3, -0.25) is 0 Å². The molecule has 0 saturated heterocycles. The van der Waals surface area contributed by atoms with Gasteiger partial charge >= 0.3 is 0 Å². The Morgan fingerprint density at radius 1 is 0.338 bits per heavy atom. The summed E-state index contributed by atoms with van der Waals surface area (Å²) in [6.07, 6.45) is 0. The van der Waals surface area contributed by atoms with Gasteiger partial charge in [0.2, 0.25) is 0 Å². The van der Waals surface area contributed by atoms with Crippen molar-refractivity contribution in [2.24, 2.45) is 0 Å². The van der Waals surface area contributed by atoms with Crippen molar-refractivity contribution >= 4 is 55.9 Å². The van der Waals surface area contributed by atoms with E-state index in [4.69, 9.17) is 4.74 Å². The van der Waals surface area contributed by atoms with Crippen LogP contribution in [0.15, 0.2) is 261 Å². The van der Waals surface area contributed by atoms with E-state index >= 15 is 0 Å². The molecule has 0 bridgehead atoms. The van der Waals surface area contributed by atoms with Gasteiger partial charge in [0.1, 0.15) is 5.75 Å². The van der Waals surface area contributed by atoms with Gasteiger partial charge in [-0.25, -0.2) is 0 Å². The van der Waals surface area contributed by atoms with Crippen molar-refractivity contribution in [2.75, 3.05) is 9.80 Å². The average Bonchev–Trinajstić information content (AvgIpc) is 4.18. The Balaban J connectivity index is 0.985. The summed E-state index contributed by atoms with van der Waals surface area (Å²) >= 11 is 0. The number of aromatic nitrogens is 1. The fourth-order valence-electron chi connectivity index (χ4n) is 13.1. The molecule has 0 fully saturated rings. The van der Waals surface area contributed by atoms with Crippen LogP contribution in [0.4, 0.5) is 34.1 Å². The molecule has 1 aliphatic heterocycles. The summed E-state index contributed by atoms with van der Waals surface area (Å²) in [5, 5.41) is 2.43. The lowest BCUT2D eigenvalue weighted by Crippen LogP contribution is -2.34. The Hall–Kier alpha value is -9.38. The number of anilines is 6. The normalized spacial score (nSPS) is 13.9. The quantitative estimate of drug-likeness (QED) is 0.159. The van der Waals surface area contributed by atoms with Gasteiger partial charge in [0.15, 0.2) is 5.75 Å². The topological polar surface area (TPSA) is 20.6 Å². The Kier molecular flexibility index (Phi) is 9.19. The Bertz CT molecular complexity index is 4110. The van der Waals surface area contributed by atoms with E-state index in [0.29, 0.717) is 0 Å². The SMILES string of the molecule is CC1(C)c2cc(N(c3ccccc3)c3ccccc3)ccc2-c2ccc3c(c21)Oc1c(N(c2ccccc2)c2ccc4c5ccccc5n(-c5ccccc5)c4c2)cccc1C31c2ccccc2-c2ccccc21. The molecule has 0 atom stereocenters. The van der Waals surface area contributed by atoms with Gasteiger partial charge in [0.05, 0.1) is 22.1 Å². The van der Waals surface area contributed by atoms with E-state index < -0.39 is 10.8 Å². The molecule has 0 saturated carbocycles. The monoisotopic (exact) mass is 947 g/mol. The zero-order valence-corrected chi connectivity index (χ0v) is 41.1. The van der Waals surface area contributed by atoms with Crippen molar-refractivity contribution < 1.29 is 4.74 Å². The summed E-state index contributed by atoms with van der Waals surface area (Å²) in [5.74, 6) is 1.77. The highest BCUT2D eigenvalue weighted by molar-refractivity contribution is 6.10. The molecular weight excluding hydrogens is 899 g/mol. The Morgan fingerprint density at radius 2 is 0.838 bits per heavy atom. The molecule has 0 radical (unpaired) electrons. The minimum absolute atomic E-state index is 0.453. The largest absolute Gasteiger partial charge is 0.454 e. The maximum absolute atomic E-state index is 7.95. The smallest absolute Gasteiger partial charge is 0.156 e. The number of rotatable bonds is 7. The van der Waals surface area contributed by atoms with Crippen molar-refractivity contribution in [3.63, 3.8) is 0 Å². The molecule has 15 rings (SSSR count). The zero-order chi connectivity index (χ0) is 49.1. The predicted octanol–water partition coefficient (Wildman–Crippen LogP) is 18.5. The van der Waals surface area contributed by atoms with Crippen LogP contribution in [0.1, 0.15) is 47.2 Å². The highest BCUT2D eigenvalue weighted by Gasteiger charge is 2.54. The van der Waals surface area contributed by atoms with Crippen LogP contribution < -0.4 is 14.5 Å². The summed E-state index contributed by atoms with van der Waals surface area (Å²) < 4.78 is 10.3. The van der Waals surface area contributed by atoms with E-state index in [1.54, 1.807) is 0 Å². The minimum Gasteiger partial charge on any atom is -0.454 e. The first kappa shape index (κ1) is 42.3. The average molecular weight is 948 g/mol. The first-order valence-electron chi connectivity index (χ1n) is 25.7. The van der Waals surface area contributed by atoms with Crippen LogP contribution in [0.3, 0.4) is 0 Å². The van der Waals surface area contributed by atoms with Gasteiger partial charge < -0.3 is 19.1 Å². The minimum atomic E-state index is -0.694. The molecule has 4 nitrogen and oxygen atoms in total. The summed E-state index contributed by atoms with van der Waals surface area (Å²) in [7, 11) is 0. The van der Waals surface area contributed by atoms with Crippen molar-refractivity contribution in [1.29, 1.82) is 0 Å². The van der Waals surface area contributed by atoms with Crippen LogP contribution in [-0.4, -0.2) is 4.57 Å². The lowest BCUT2D eigenvalue weighted by atomic mass is 9.64. The maximum atomic E-state index is 7.95. The molecule has 2 aliphatic carbocycles. The van der Waals surface area contributed by atoms with E-state index in [9.17, 15) is 0 Å². The number of hydrogen-bond acceptors (Lipinski definition) is 3. The number of para-hydroxylation sites is 6. The third kappa shape index (κ3) is 5.91. The van der Waals surface area contributed by atoms with E-state index in [0.717, 1.165) is 68.0 Å². The second-order valence-corrected chi connectivity index (χ2v) is 20.4. The molecule has 4 heteroatoms. The van der Waals surface area contributed by atoms with Crippen LogP contribution in [0.2, 0.25) is 0 Å². The molecule has 2 heterocycles. The predicted molar refractivity (Wildman–Crippen MR) is 305 cm³/mol. The fraction of sp³-hybridized carbons (Fsp3) is 0.0571. The van der Waals surface area contributed by atoms with Gasteiger partial charge in [0.25, 0.3) is 0 Å². The first-order chi connectivity index (χ1) is 36.5. The number of fused-ring (bicyclic) bond motifs is 16. The van der Waals surface area contributed by atoms with Crippen LogP contribution in [0.5, 0.6) is 11.5 Å². The molecule has 3 aliphatic rings. The third-order valence-corrected chi connectivity index (χ3v) is 16.2. The third-order valence-electron chi connectivity index (χ3n) is 16.2. The van der Waals surface area contributed by atoms with Gasteiger partial charge in [0, 0.05) is 67.0 Å². The molecule has 74 heavy (non-hydrogen) atoms. The first-order valence-corrected chi connectivity index (χ1v) is 25.7. The summed E-state index contributed by atoms with van der Waals surface area (Å²) in [4.78, 5) is 4.78. The van der Waals surface area contributed by atoms with Crippen molar-refractivity contribution in [1.82, 2.24) is 4.57 Å². The van der Waals surface area contributed by atoms with Gasteiger partial charge in [-0.05, 0) is 124 Å². The Labute approximate surface area is 431 Å². The van der Waals surface area contributed by atoms with Crippen LogP contribution in [0, 0.1) is 0 Å². The summed E-state index contributed by atoms with van der Waals surface area (Å²) in [6.45, 7) is 4.78. The lowest BCUT2D eigenvalue weighted by molar-refractivity contribution is 0.424. The van der Waals surface area contributed by atoms with Crippen LogP contribution >= 0.6 is 0 Å². The number of nitrogens with zero attached hydrogens (tertiary/aromatic N) is 3. The fourth-order valence-corrected chi connectivity index (χ4v) is 13.1. The van der Waals surface area contributed by atoms with E-state index in [2.05, 4.69) is 289 Å². The molecule has 350 valence electrons. The second-order valence-electron chi connectivity index (χ2n) is 20.4. The molecule has 1 aromatic heterocycles. The molecule has 0 unspecified atom stereocenters. The van der Waals surface area contributed by atoms with Crippen LogP contribution in [0.25, 0.3) is 49.7 Å². The van der Waals surface area contributed by atoms with Crippen molar-refractivity contribution in [3.05, 3.63) is 294 Å². The van der Waals surface area contributed by atoms with Crippen molar-refractivity contribution in [2.45, 2.75) is 24.7 Å². The zero-order valence-electron chi connectivity index (χ0n) is 41.1. The van der Waals surface area contributed by atoms with Crippen molar-refractivity contribution in [3.8, 4) is 39.4 Å². The maximum Gasteiger partial charge on any atom is 0.156 e. The highest BCUT2D eigenvalue weighted by Crippen LogP contribution is 2.67. The summed E-state index contributed by atoms with van der Waals surface area (Å²) in [6, 6.07) is 95.3. The van der Waals surface area contributed by atoms with Gasteiger partial charge in [-0.1, -0.05) is 190 Å². The van der Waals surface area contributed by atoms with E-state index in [1.165, 1.54) is 60.8 Å². The number of hydrogen-bond donors (Lipinski definition) is 0. The molecular formula is C70H49N3O. The molecule has 0 N–H and O–H groups in total. The van der Waals surface area contributed by atoms with Gasteiger partial charge in [-0.15, -0.1) is 0 Å². The summed E-state index contributed by atoms with van der Waals surface area (Å²) in [5.41, 5.74) is 20.9. The lowest BCUT2D eigenvalue weighted by Gasteiger charge is -2.42. The number of ether oxygens (including phenoxy) is 1. The number of benzene rings is 11. The molecule has 1 spiro atoms. The standard InChI is InChI=1S/C70H49N3O/c1-69(2)62-44-50(71(46-22-7-3-8-23-46)47-24-9-4-10-25-47)38-40-54(62)57-42-43-61-68(66(57)69)74-67-60(70(61)58-33-18-15-30-52(58)53-31-16-19-34-59(53)70)35-21-37-64(67)72(48-26-11-5-12-27-48)51-39-41-56-55-32-17-20-36-63(55)73(65(56)45-51)49-28-13-6-14-29-49/h3-45H,1-2H3. The molecule has 11 aromatic carbocycles. The highest BCUT2D eigenvalue weighted by atomic mass is 16.5. The Morgan fingerprint density at radius 3 is 1.51 bits per heavy atom.